The summed E-state index contributed by atoms with van der Waals surface area (Å²) in [4.78, 5) is 22.2. The van der Waals surface area contributed by atoms with Crippen molar-refractivity contribution >= 4 is 16.9 Å². The van der Waals surface area contributed by atoms with Gasteiger partial charge in [-0.1, -0.05) is 18.2 Å². The third kappa shape index (κ3) is 2.74. The highest BCUT2D eigenvalue weighted by Crippen LogP contribution is 2.29. The number of carbonyl (C=O) groups is 1. The number of benzene rings is 1. The molecule has 1 aliphatic rings. The number of aromatic amines is 1. The second kappa shape index (κ2) is 5.91. The van der Waals surface area contributed by atoms with E-state index in [4.69, 9.17) is 4.42 Å². The fraction of sp³-hybridized carbons (Fsp3) is 0.333. The van der Waals surface area contributed by atoms with Gasteiger partial charge in [0.2, 0.25) is 5.91 Å². The molecule has 1 aliphatic heterocycles. The van der Waals surface area contributed by atoms with Gasteiger partial charge in [0, 0.05) is 24.3 Å². The third-order valence-electron chi connectivity index (χ3n) is 4.46. The van der Waals surface area contributed by atoms with Gasteiger partial charge in [-0.15, -0.1) is 0 Å². The highest BCUT2D eigenvalue weighted by Gasteiger charge is 2.29. The Morgan fingerprint density at radius 2 is 2.26 bits per heavy atom. The number of fused-ring (bicyclic) bond motifs is 1. The van der Waals surface area contributed by atoms with Crippen LogP contribution < -0.4 is 0 Å². The van der Waals surface area contributed by atoms with Crippen LogP contribution >= 0.6 is 0 Å². The Balaban J connectivity index is 1.54. The molecule has 1 unspecified atom stereocenters. The van der Waals surface area contributed by atoms with Crippen molar-refractivity contribution in [1.82, 2.24) is 14.9 Å². The minimum absolute atomic E-state index is 0.0515. The van der Waals surface area contributed by atoms with Gasteiger partial charge < -0.3 is 14.3 Å². The van der Waals surface area contributed by atoms with Crippen LogP contribution in [-0.2, 0) is 11.2 Å². The Kier molecular flexibility index (Phi) is 3.61. The molecule has 0 radical (unpaired) electrons. The number of H-pyrrole nitrogens is 1. The molecule has 1 atom stereocenters. The van der Waals surface area contributed by atoms with Gasteiger partial charge in [-0.05, 0) is 31.4 Å². The SMILES string of the molecule is O=C(Cc1cc2ccccc2o1)N1CCCCC1c1ncc[nH]1. The van der Waals surface area contributed by atoms with Crippen molar-refractivity contribution in [3.05, 3.63) is 54.3 Å². The van der Waals surface area contributed by atoms with E-state index in [1.807, 2.05) is 41.4 Å². The van der Waals surface area contributed by atoms with Crippen LogP contribution in [0.4, 0.5) is 0 Å². The number of rotatable bonds is 3. The lowest BCUT2D eigenvalue weighted by Gasteiger charge is -2.34. The van der Waals surface area contributed by atoms with Crippen LogP contribution in [0.15, 0.2) is 47.1 Å². The lowest BCUT2D eigenvalue weighted by atomic mass is 10.0. The molecule has 0 spiro atoms. The van der Waals surface area contributed by atoms with Crippen molar-refractivity contribution in [1.29, 1.82) is 0 Å². The van der Waals surface area contributed by atoms with E-state index >= 15 is 0 Å². The van der Waals surface area contributed by atoms with Crippen molar-refractivity contribution in [3.63, 3.8) is 0 Å². The third-order valence-corrected chi connectivity index (χ3v) is 4.46. The van der Waals surface area contributed by atoms with Gasteiger partial charge in [0.1, 0.15) is 17.2 Å². The first kappa shape index (κ1) is 14.1. The van der Waals surface area contributed by atoms with Gasteiger partial charge in [-0.3, -0.25) is 4.79 Å². The lowest BCUT2D eigenvalue weighted by molar-refractivity contribution is -0.134. The van der Waals surface area contributed by atoms with Crippen molar-refractivity contribution < 1.29 is 9.21 Å². The topological polar surface area (TPSA) is 62.1 Å². The zero-order valence-electron chi connectivity index (χ0n) is 12.9. The monoisotopic (exact) mass is 309 g/mol. The Labute approximate surface area is 134 Å². The molecule has 4 rings (SSSR count). The van der Waals surface area contributed by atoms with Crippen LogP contribution in [0.2, 0.25) is 0 Å². The summed E-state index contributed by atoms with van der Waals surface area (Å²) in [6.45, 7) is 0.782. The summed E-state index contributed by atoms with van der Waals surface area (Å²) in [6.07, 6.45) is 6.98. The largest absolute Gasteiger partial charge is 0.461 e. The maximum atomic E-state index is 12.8. The molecule has 2 aromatic heterocycles. The van der Waals surface area contributed by atoms with Gasteiger partial charge in [0.25, 0.3) is 0 Å². The number of piperidine rings is 1. The molecule has 5 nitrogen and oxygen atoms in total. The fourth-order valence-electron chi connectivity index (χ4n) is 3.35. The minimum atomic E-state index is 0.0515. The summed E-state index contributed by atoms with van der Waals surface area (Å²) >= 11 is 0. The number of nitrogens with zero attached hydrogens (tertiary/aromatic N) is 2. The van der Waals surface area contributed by atoms with E-state index in [1.54, 1.807) is 6.20 Å². The zero-order valence-corrected chi connectivity index (χ0v) is 12.9. The number of nitrogens with one attached hydrogen (secondary N) is 1. The maximum absolute atomic E-state index is 12.8. The van der Waals surface area contributed by atoms with E-state index in [1.165, 1.54) is 0 Å². The molecule has 1 amide bonds. The second-order valence-electron chi connectivity index (χ2n) is 6.00. The molecule has 23 heavy (non-hydrogen) atoms. The van der Waals surface area contributed by atoms with Gasteiger partial charge >= 0.3 is 0 Å². The van der Waals surface area contributed by atoms with Crippen LogP contribution in [0.1, 0.15) is 36.9 Å². The van der Waals surface area contributed by atoms with E-state index < -0.39 is 0 Å². The molecule has 1 N–H and O–H groups in total. The Morgan fingerprint density at radius 1 is 1.35 bits per heavy atom. The standard InChI is InChI=1S/C18H19N3O2/c22-17(12-14-11-13-5-1-2-7-16(13)23-14)21-10-4-3-6-15(21)18-19-8-9-20-18/h1-2,5,7-9,11,15H,3-4,6,10,12H2,(H,19,20). The first-order valence-electron chi connectivity index (χ1n) is 8.07. The molecule has 1 aromatic carbocycles. The summed E-state index contributed by atoms with van der Waals surface area (Å²) in [7, 11) is 0. The molecule has 118 valence electrons. The molecule has 5 heteroatoms. The first-order valence-corrected chi connectivity index (χ1v) is 8.07. The Hall–Kier alpha value is -2.56. The van der Waals surface area contributed by atoms with E-state index in [9.17, 15) is 4.79 Å². The first-order chi connectivity index (χ1) is 11.3. The molecule has 0 saturated carbocycles. The number of likely N-dealkylation sites (tertiary alicyclic amines) is 1. The number of furan rings is 1. The van der Waals surface area contributed by atoms with Crippen LogP contribution in [0.3, 0.4) is 0 Å². The molecule has 0 bridgehead atoms. The molecular weight excluding hydrogens is 290 g/mol. The van der Waals surface area contributed by atoms with E-state index in [2.05, 4.69) is 9.97 Å². The molecule has 3 heterocycles. The highest BCUT2D eigenvalue weighted by atomic mass is 16.3. The van der Waals surface area contributed by atoms with E-state index in [-0.39, 0.29) is 11.9 Å². The molecule has 1 saturated heterocycles. The quantitative estimate of drug-likeness (QED) is 0.806. The number of aromatic nitrogens is 2. The molecule has 0 aliphatic carbocycles. The van der Waals surface area contributed by atoms with Gasteiger partial charge in [-0.25, -0.2) is 4.98 Å². The van der Waals surface area contributed by atoms with Gasteiger partial charge in [-0.2, -0.15) is 0 Å². The van der Waals surface area contributed by atoms with Crippen molar-refractivity contribution in [2.75, 3.05) is 6.54 Å². The second-order valence-corrected chi connectivity index (χ2v) is 6.00. The fourth-order valence-corrected chi connectivity index (χ4v) is 3.35. The smallest absolute Gasteiger partial charge is 0.230 e. The minimum Gasteiger partial charge on any atom is -0.461 e. The predicted octanol–water partition coefficient (Wildman–Crippen LogP) is 3.45. The van der Waals surface area contributed by atoms with Crippen molar-refractivity contribution in [2.45, 2.75) is 31.7 Å². The summed E-state index contributed by atoms with van der Waals surface area (Å²) < 4.78 is 5.78. The van der Waals surface area contributed by atoms with Gasteiger partial charge in [0.05, 0.1) is 12.5 Å². The Bertz CT molecular complexity index is 774. The van der Waals surface area contributed by atoms with Crippen LogP contribution in [0.5, 0.6) is 0 Å². The Morgan fingerprint density at radius 3 is 3.09 bits per heavy atom. The maximum Gasteiger partial charge on any atom is 0.230 e. The number of amides is 1. The number of hydrogen-bond acceptors (Lipinski definition) is 3. The average molecular weight is 309 g/mol. The van der Waals surface area contributed by atoms with Crippen LogP contribution in [-0.4, -0.2) is 27.3 Å². The number of para-hydroxylation sites is 1. The summed E-state index contributed by atoms with van der Waals surface area (Å²) in [5, 5.41) is 1.04. The normalized spacial score (nSPS) is 18.4. The molecule has 1 fully saturated rings. The number of imidazole rings is 1. The van der Waals surface area contributed by atoms with Gasteiger partial charge in [0.15, 0.2) is 0 Å². The number of carbonyl (C=O) groups excluding carboxylic acids is 1. The summed E-state index contributed by atoms with van der Waals surface area (Å²) in [5.41, 5.74) is 0.830. The highest BCUT2D eigenvalue weighted by molar-refractivity contribution is 5.82. The van der Waals surface area contributed by atoms with E-state index in [0.717, 1.165) is 48.4 Å². The van der Waals surface area contributed by atoms with Crippen LogP contribution in [0, 0.1) is 0 Å². The lowest BCUT2D eigenvalue weighted by Crippen LogP contribution is -2.39. The molecular formula is C18H19N3O2. The zero-order chi connectivity index (χ0) is 15.6. The number of hydrogen-bond donors (Lipinski definition) is 1. The van der Waals surface area contributed by atoms with Crippen LogP contribution in [0.25, 0.3) is 11.0 Å². The average Bonchev–Trinajstić information content (AvgIpc) is 3.24. The molecule has 3 aromatic rings. The summed E-state index contributed by atoms with van der Waals surface area (Å²) in [5.74, 6) is 1.70. The van der Waals surface area contributed by atoms with Crippen molar-refractivity contribution in [3.8, 4) is 0 Å². The summed E-state index contributed by atoms with van der Waals surface area (Å²) in [6, 6.07) is 9.85. The predicted molar refractivity (Wildman–Crippen MR) is 86.8 cm³/mol. The van der Waals surface area contributed by atoms with Crippen molar-refractivity contribution in [2.24, 2.45) is 0 Å². The van der Waals surface area contributed by atoms with E-state index in [0.29, 0.717) is 6.42 Å².